The third kappa shape index (κ3) is 2.69. The molecule has 0 radical (unpaired) electrons. The number of amides is 2. The first-order chi connectivity index (χ1) is 10.4. The summed E-state index contributed by atoms with van der Waals surface area (Å²) in [6.45, 7) is 4.97. The molecule has 0 aromatic heterocycles. The Morgan fingerprint density at radius 3 is 2.68 bits per heavy atom. The molecule has 0 unspecified atom stereocenters. The Balaban J connectivity index is 1.50. The highest BCUT2D eigenvalue weighted by Gasteiger charge is 2.56. The number of aliphatic carboxylic acids is 1. The number of ether oxygens (including phenoxy) is 1. The van der Waals surface area contributed by atoms with Gasteiger partial charge in [0, 0.05) is 19.1 Å². The van der Waals surface area contributed by atoms with Gasteiger partial charge in [-0.1, -0.05) is 6.42 Å². The highest BCUT2D eigenvalue weighted by molar-refractivity contribution is 5.80. The minimum absolute atomic E-state index is 0.108. The first-order valence-corrected chi connectivity index (χ1v) is 8.35. The summed E-state index contributed by atoms with van der Waals surface area (Å²) >= 11 is 0. The van der Waals surface area contributed by atoms with Crippen molar-refractivity contribution in [3.8, 4) is 0 Å². The fourth-order valence-electron chi connectivity index (χ4n) is 4.24. The zero-order valence-corrected chi connectivity index (χ0v) is 13.4. The molecule has 124 valence electrons. The maximum atomic E-state index is 12.4. The molecule has 0 spiro atoms. The van der Waals surface area contributed by atoms with Crippen LogP contribution in [0.5, 0.6) is 0 Å². The van der Waals surface area contributed by atoms with Crippen molar-refractivity contribution in [2.75, 3.05) is 13.1 Å². The van der Waals surface area contributed by atoms with Gasteiger partial charge in [-0.3, -0.25) is 4.79 Å². The molecule has 3 aliphatic rings. The number of carboxylic acids is 1. The molecule has 0 bridgehead atoms. The van der Waals surface area contributed by atoms with Crippen LogP contribution in [0.25, 0.3) is 0 Å². The molecule has 2 saturated carbocycles. The molecule has 2 aliphatic carbocycles. The molecular weight excluding hydrogens is 284 g/mol. The van der Waals surface area contributed by atoms with Crippen molar-refractivity contribution in [2.24, 2.45) is 11.3 Å². The van der Waals surface area contributed by atoms with Crippen molar-refractivity contribution in [3.63, 3.8) is 0 Å². The summed E-state index contributed by atoms with van der Waals surface area (Å²) in [6, 6.07) is 0.0560. The molecule has 1 saturated heterocycles. The van der Waals surface area contributed by atoms with Crippen LogP contribution >= 0.6 is 0 Å². The SMILES string of the molecule is CC(C)OC1CC(NC(=O)N2C[C@@H]3CCC[C@@]3(C(=O)O)C2)C1. The standard InChI is InChI=1S/C16H26N2O4/c1-10(2)22-13-6-12(7-13)17-15(21)18-8-11-4-3-5-16(11,9-18)14(19)20/h10-13H,3-9H2,1-2H3,(H,17,21)(H,19,20)/t11-,12?,13?,16+/m0/s1. The van der Waals surface area contributed by atoms with Crippen LogP contribution in [0.4, 0.5) is 4.79 Å². The Bertz CT molecular complexity index is 461. The maximum absolute atomic E-state index is 12.4. The van der Waals surface area contributed by atoms with Crippen molar-refractivity contribution in [3.05, 3.63) is 0 Å². The number of urea groups is 1. The minimum atomic E-state index is -0.737. The Morgan fingerprint density at radius 1 is 1.36 bits per heavy atom. The van der Waals surface area contributed by atoms with E-state index < -0.39 is 11.4 Å². The minimum Gasteiger partial charge on any atom is -0.481 e. The normalized spacial score (nSPS) is 37.0. The van der Waals surface area contributed by atoms with E-state index in [4.69, 9.17) is 4.74 Å². The molecule has 6 nitrogen and oxygen atoms in total. The lowest BCUT2D eigenvalue weighted by Crippen LogP contribution is -2.52. The zero-order chi connectivity index (χ0) is 15.9. The summed E-state index contributed by atoms with van der Waals surface area (Å²) in [5.41, 5.74) is -0.694. The third-order valence-corrected chi connectivity index (χ3v) is 5.47. The molecule has 3 rings (SSSR count). The topological polar surface area (TPSA) is 78.9 Å². The number of rotatable bonds is 4. The summed E-state index contributed by atoms with van der Waals surface area (Å²) < 4.78 is 5.69. The van der Waals surface area contributed by atoms with Crippen LogP contribution in [0.2, 0.25) is 0 Å². The molecule has 3 fully saturated rings. The molecule has 1 aliphatic heterocycles. The average Bonchev–Trinajstić information content (AvgIpc) is 2.92. The van der Waals surface area contributed by atoms with Gasteiger partial charge in [-0.15, -0.1) is 0 Å². The van der Waals surface area contributed by atoms with Crippen molar-refractivity contribution >= 4 is 12.0 Å². The number of nitrogens with zero attached hydrogens (tertiary/aromatic N) is 1. The molecular formula is C16H26N2O4. The molecule has 2 atom stereocenters. The van der Waals surface area contributed by atoms with Crippen molar-refractivity contribution in [2.45, 2.75) is 64.2 Å². The van der Waals surface area contributed by atoms with E-state index in [-0.39, 0.29) is 30.2 Å². The predicted octanol–water partition coefficient (Wildman–Crippen LogP) is 1.84. The zero-order valence-electron chi connectivity index (χ0n) is 13.4. The smallest absolute Gasteiger partial charge is 0.317 e. The maximum Gasteiger partial charge on any atom is 0.317 e. The fraction of sp³-hybridized carbons (Fsp3) is 0.875. The van der Waals surface area contributed by atoms with Crippen molar-refractivity contribution in [1.29, 1.82) is 0 Å². The molecule has 2 amide bonds. The Hall–Kier alpha value is -1.30. The van der Waals surface area contributed by atoms with Gasteiger partial charge in [0.05, 0.1) is 17.6 Å². The van der Waals surface area contributed by atoms with Crippen LogP contribution in [0.1, 0.15) is 46.0 Å². The summed E-state index contributed by atoms with van der Waals surface area (Å²) in [6.07, 6.45) is 4.75. The lowest BCUT2D eigenvalue weighted by atomic mass is 9.81. The van der Waals surface area contributed by atoms with Gasteiger partial charge in [-0.05, 0) is 45.4 Å². The molecule has 6 heteroatoms. The average molecular weight is 310 g/mol. The van der Waals surface area contributed by atoms with Gasteiger partial charge in [0.1, 0.15) is 0 Å². The van der Waals surface area contributed by atoms with E-state index >= 15 is 0 Å². The fourth-order valence-corrected chi connectivity index (χ4v) is 4.24. The largest absolute Gasteiger partial charge is 0.481 e. The second-order valence-electron chi connectivity index (χ2n) is 7.36. The van der Waals surface area contributed by atoms with E-state index in [1.54, 1.807) is 4.90 Å². The second kappa shape index (κ2) is 5.72. The van der Waals surface area contributed by atoms with E-state index in [0.29, 0.717) is 19.5 Å². The van der Waals surface area contributed by atoms with E-state index in [0.717, 1.165) is 25.7 Å². The monoisotopic (exact) mass is 310 g/mol. The number of nitrogens with one attached hydrogen (secondary N) is 1. The quantitative estimate of drug-likeness (QED) is 0.830. The number of carbonyl (C=O) groups excluding carboxylic acids is 1. The molecule has 0 aromatic carbocycles. The lowest BCUT2D eigenvalue weighted by molar-refractivity contribution is -0.149. The summed E-state index contributed by atoms with van der Waals surface area (Å²) in [5.74, 6) is -0.617. The predicted molar refractivity (Wildman–Crippen MR) is 80.5 cm³/mol. The first kappa shape index (κ1) is 15.6. The number of likely N-dealkylation sites (tertiary alicyclic amines) is 1. The Kier molecular flexibility index (Phi) is 4.05. The lowest BCUT2D eigenvalue weighted by Gasteiger charge is -2.37. The van der Waals surface area contributed by atoms with Crippen LogP contribution in [0.15, 0.2) is 0 Å². The van der Waals surface area contributed by atoms with Crippen molar-refractivity contribution < 1.29 is 19.4 Å². The Labute approximate surface area is 131 Å². The second-order valence-corrected chi connectivity index (χ2v) is 7.36. The van der Waals surface area contributed by atoms with Crippen LogP contribution in [0, 0.1) is 11.3 Å². The van der Waals surface area contributed by atoms with E-state index in [1.807, 2.05) is 13.8 Å². The first-order valence-electron chi connectivity index (χ1n) is 8.35. The highest BCUT2D eigenvalue weighted by atomic mass is 16.5. The van der Waals surface area contributed by atoms with Gasteiger partial charge in [0.15, 0.2) is 0 Å². The number of hydrogen-bond donors (Lipinski definition) is 2. The molecule has 0 aromatic rings. The van der Waals surface area contributed by atoms with Crippen LogP contribution in [0.3, 0.4) is 0 Å². The van der Waals surface area contributed by atoms with Gasteiger partial charge >= 0.3 is 12.0 Å². The van der Waals surface area contributed by atoms with Gasteiger partial charge < -0.3 is 20.1 Å². The number of fused-ring (bicyclic) bond motifs is 1. The van der Waals surface area contributed by atoms with E-state index in [2.05, 4.69) is 5.32 Å². The van der Waals surface area contributed by atoms with Crippen LogP contribution in [-0.4, -0.2) is 53.3 Å². The van der Waals surface area contributed by atoms with E-state index in [9.17, 15) is 14.7 Å². The molecule has 22 heavy (non-hydrogen) atoms. The summed E-state index contributed by atoms with van der Waals surface area (Å²) in [4.78, 5) is 25.7. The van der Waals surface area contributed by atoms with E-state index in [1.165, 1.54) is 0 Å². The summed E-state index contributed by atoms with van der Waals surface area (Å²) in [5, 5.41) is 12.6. The third-order valence-electron chi connectivity index (χ3n) is 5.47. The number of carbonyl (C=O) groups is 2. The van der Waals surface area contributed by atoms with Crippen LogP contribution in [-0.2, 0) is 9.53 Å². The van der Waals surface area contributed by atoms with Crippen LogP contribution < -0.4 is 5.32 Å². The van der Waals surface area contributed by atoms with Crippen molar-refractivity contribution in [1.82, 2.24) is 10.2 Å². The molecule has 1 heterocycles. The van der Waals surface area contributed by atoms with Gasteiger partial charge in [-0.25, -0.2) is 4.79 Å². The highest BCUT2D eigenvalue weighted by Crippen LogP contribution is 2.48. The summed E-state index contributed by atoms with van der Waals surface area (Å²) in [7, 11) is 0. The Morgan fingerprint density at radius 2 is 2.09 bits per heavy atom. The number of hydrogen-bond acceptors (Lipinski definition) is 3. The van der Waals surface area contributed by atoms with Gasteiger partial charge in [0.2, 0.25) is 0 Å². The van der Waals surface area contributed by atoms with Gasteiger partial charge in [-0.2, -0.15) is 0 Å². The van der Waals surface area contributed by atoms with Gasteiger partial charge in [0.25, 0.3) is 0 Å². The molecule has 2 N–H and O–H groups in total. The number of carboxylic acid groups (broad SMARTS) is 1.